The summed E-state index contributed by atoms with van der Waals surface area (Å²) in [4.78, 5) is 0. The molecular weight excluding hydrogens is 460 g/mol. The standard InChI is InChI=1S/C18H22F12O/c19-15(20,21)13(16(22,23)24)9-5-8-12(31,11-6-3-1-2-4-7-11)10-14(13,17(25,26)27)18(28,29)30/h11,31H,1-10H2. The minimum Gasteiger partial charge on any atom is -0.390 e. The van der Waals surface area contributed by atoms with Crippen LogP contribution in [0.4, 0.5) is 52.7 Å². The van der Waals surface area contributed by atoms with Crippen LogP contribution < -0.4 is 0 Å². The summed E-state index contributed by atoms with van der Waals surface area (Å²) in [5.74, 6) is -1.27. The van der Waals surface area contributed by atoms with E-state index in [9.17, 15) is 57.8 Å². The van der Waals surface area contributed by atoms with Gasteiger partial charge in [-0.25, -0.2) is 0 Å². The van der Waals surface area contributed by atoms with Crippen molar-refractivity contribution in [1.82, 2.24) is 0 Å². The van der Waals surface area contributed by atoms with Gasteiger partial charge in [-0.3, -0.25) is 0 Å². The predicted molar refractivity (Wildman–Crippen MR) is 83.7 cm³/mol. The van der Waals surface area contributed by atoms with Crippen LogP contribution in [-0.4, -0.2) is 35.4 Å². The Morgan fingerprint density at radius 2 is 0.903 bits per heavy atom. The molecule has 2 fully saturated rings. The molecule has 2 aliphatic carbocycles. The molecule has 0 saturated heterocycles. The Balaban J connectivity index is 2.88. The van der Waals surface area contributed by atoms with Crippen molar-refractivity contribution in [3.63, 3.8) is 0 Å². The largest absolute Gasteiger partial charge is 0.404 e. The van der Waals surface area contributed by atoms with E-state index in [4.69, 9.17) is 0 Å². The van der Waals surface area contributed by atoms with Gasteiger partial charge in [0.05, 0.1) is 5.60 Å². The van der Waals surface area contributed by atoms with Gasteiger partial charge in [-0.05, 0) is 38.0 Å². The predicted octanol–water partition coefficient (Wildman–Crippen LogP) is 7.48. The highest BCUT2D eigenvalue weighted by molar-refractivity contribution is 5.17. The van der Waals surface area contributed by atoms with Crippen molar-refractivity contribution >= 4 is 0 Å². The summed E-state index contributed by atoms with van der Waals surface area (Å²) < 4.78 is 167. The third-order valence-corrected chi connectivity index (χ3v) is 7.01. The molecule has 31 heavy (non-hydrogen) atoms. The van der Waals surface area contributed by atoms with Gasteiger partial charge < -0.3 is 5.11 Å². The Morgan fingerprint density at radius 3 is 1.26 bits per heavy atom. The molecule has 2 rings (SSSR count). The van der Waals surface area contributed by atoms with E-state index in [1.54, 1.807) is 0 Å². The Kier molecular flexibility index (Phi) is 6.69. The fourth-order valence-corrected chi connectivity index (χ4v) is 5.51. The summed E-state index contributed by atoms with van der Waals surface area (Å²) in [5, 5.41) is 10.9. The molecular formula is C18H22F12O. The molecule has 1 unspecified atom stereocenters. The number of rotatable bonds is 1. The minimum absolute atomic E-state index is 0.0761. The van der Waals surface area contributed by atoms with E-state index in [1.165, 1.54) is 0 Å². The number of aliphatic hydroxyl groups is 1. The van der Waals surface area contributed by atoms with Gasteiger partial charge >= 0.3 is 24.7 Å². The Morgan fingerprint density at radius 1 is 0.516 bits per heavy atom. The lowest BCUT2D eigenvalue weighted by molar-refractivity contribution is -0.476. The fraction of sp³-hybridized carbons (Fsp3) is 1.00. The van der Waals surface area contributed by atoms with E-state index in [0.717, 1.165) is 0 Å². The zero-order valence-electron chi connectivity index (χ0n) is 16.1. The summed E-state index contributed by atoms with van der Waals surface area (Å²) in [6, 6.07) is 0. The van der Waals surface area contributed by atoms with Crippen LogP contribution in [0.25, 0.3) is 0 Å². The van der Waals surface area contributed by atoms with Crippen LogP contribution in [0.5, 0.6) is 0 Å². The van der Waals surface area contributed by atoms with Crippen LogP contribution in [0, 0.1) is 16.7 Å². The Labute approximate surface area is 170 Å². The van der Waals surface area contributed by atoms with Crippen molar-refractivity contribution < 1.29 is 57.8 Å². The summed E-state index contributed by atoms with van der Waals surface area (Å²) in [6.45, 7) is 0. The van der Waals surface area contributed by atoms with Crippen LogP contribution in [0.2, 0.25) is 0 Å². The van der Waals surface area contributed by atoms with E-state index >= 15 is 0 Å². The smallest absolute Gasteiger partial charge is 0.390 e. The highest BCUT2D eigenvalue weighted by Gasteiger charge is 2.93. The lowest BCUT2D eigenvalue weighted by Gasteiger charge is -2.53. The quantitative estimate of drug-likeness (QED) is 0.304. The molecule has 0 aromatic rings. The van der Waals surface area contributed by atoms with E-state index in [2.05, 4.69) is 0 Å². The van der Waals surface area contributed by atoms with Crippen LogP contribution in [0.15, 0.2) is 0 Å². The van der Waals surface area contributed by atoms with Gasteiger partial charge in [0.2, 0.25) is 0 Å². The van der Waals surface area contributed by atoms with Gasteiger partial charge in [-0.2, -0.15) is 52.7 Å². The third kappa shape index (κ3) is 4.01. The molecule has 0 aliphatic heterocycles. The number of hydrogen-bond acceptors (Lipinski definition) is 1. The molecule has 1 nitrogen and oxygen atoms in total. The van der Waals surface area contributed by atoms with Crippen LogP contribution in [0.3, 0.4) is 0 Å². The molecule has 0 amide bonds. The average Bonchev–Trinajstić information content (AvgIpc) is 2.89. The molecule has 0 aromatic carbocycles. The highest BCUT2D eigenvalue weighted by atomic mass is 19.4. The van der Waals surface area contributed by atoms with Crippen LogP contribution in [-0.2, 0) is 0 Å². The molecule has 0 spiro atoms. The van der Waals surface area contributed by atoms with Gasteiger partial charge in [0.1, 0.15) is 0 Å². The molecule has 2 aliphatic rings. The first-order valence-corrected chi connectivity index (χ1v) is 9.76. The second-order valence-electron chi connectivity index (χ2n) is 8.62. The van der Waals surface area contributed by atoms with Gasteiger partial charge in [-0.15, -0.1) is 0 Å². The lowest BCUT2D eigenvalue weighted by Crippen LogP contribution is -2.72. The molecule has 184 valence electrons. The van der Waals surface area contributed by atoms with Crippen LogP contribution in [0.1, 0.15) is 64.2 Å². The monoisotopic (exact) mass is 482 g/mol. The molecule has 1 N–H and O–H groups in total. The first-order valence-electron chi connectivity index (χ1n) is 9.76. The van der Waals surface area contributed by atoms with Gasteiger partial charge in [-0.1, -0.05) is 25.7 Å². The summed E-state index contributed by atoms with van der Waals surface area (Å²) in [7, 11) is 0. The van der Waals surface area contributed by atoms with Crippen LogP contribution >= 0.6 is 0 Å². The van der Waals surface area contributed by atoms with Gasteiger partial charge in [0, 0.05) is 6.42 Å². The number of hydrogen-bond donors (Lipinski definition) is 1. The second-order valence-corrected chi connectivity index (χ2v) is 8.62. The lowest BCUT2D eigenvalue weighted by atomic mass is 9.55. The molecule has 1 atom stereocenters. The highest BCUT2D eigenvalue weighted by Crippen LogP contribution is 2.75. The van der Waals surface area contributed by atoms with Crippen molar-refractivity contribution in [2.24, 2.45) is 16.7 Å². The SMILES string of the molecule is OC1(C2CCCCCC2)CCCC(C(F)(F)F)(C(F)(F)F)C(C(F)(F)F)(C(F)(F)F)C1. The van der Waals surface area contributed by atoms with E-state index in [0.29, 0.717) is 25.7 Å². The van der Waals surface area contributed by atoms with Gasteiger partial charge in [0.25, 0.3) is 0 Å². The Hall–Kier alpha value is -0.880. The van der Waals surface area contributed by atoms with E-state index in [1.807, 2.05) is 0 Å². The van der Waals surface area contributed by atoms with Crippen molar-refractivity contribution in [1.29, 1.82) is 0 Å². The second kappa shape index (κ2) is 7.86. The first-order chi connectivity index (χ1) is 13.8. The zero-order valence-corrected chi connectivity index (χ0v) is 16.1. The average molecular weight is 482 g/mol. The normalized spacial score (nSPS) is 29.3. The summed E-state index contributed by atoms with van der Waals surface area (Å²) in [5.41, 5.74) is -15.4. The molecule has 2 saturated carbocycles. The van der Waals surface area contributed by atoms with Gasteiger partial charge in [0.15, 0.2) is 10.8 Å². The first kappa shape index (κ1) is 26.4. The van der Waals surface area contributed by atoms with E-state index < -0.39 is 72.7 Å². The zero-order chi connectivity index (χ0) is 24.1. The van der Waals surface area contributed by atoms with Crippen molar-refractivity contribution in [3.8, 4) is 0 Å². The maximum atomic E-state index is 14.0. The van der Waals surface area contributed by atoms with E-state index in [-0.39, 0.29) is 12.8 Å². The van der Waals surface area contributed by atoms with Crippen molar-refractivity contribution in [3.05, 3.63) is 0 Å². The molecule has 0 bridgehead atoms. The number of halogens is 12. The molecule has 0 radical (unpaired) electrons. The maximum absolute atomic E-state index is 14.0. The fourth-order valence-electron chi connectivity index (χ4n) is 5.51. The van der Waals surface area contributed by atoms with Crippen molar-refractivity contribution in [2.45, 2.75) is 94.5 Å². The molecule has 0 heterocycles. The number of alkyl halides is 12. The topological polar surface area (TPSA) is 20.2 Å². The maximum Gasteiger partial charge on any atom is 0.404 e. The molecule has 13 heteroatoms. The summed E-state index contributed by atoms with van der Waals surface area (Å²) in [6.07, 6.45) is -33.8. The van der Waals surface area contributed by atoms with Crippen molar-refractivity contribution in [2.75, 3.05) is 0 Å². The third-order valence-electron chi connectivity index (χ3n) is 7.01. The summed E-state index contributed by atoms with van der Waals surface area (Å²) >= 11 is 0. The molecule has 0 aromatic heterocycles. The minimum atomic E-state index is -6.99. The Bertz CT molecular complexity index is 593.